The van der Waals surface area contributed by atoms with Gasteiger partial charge in [-0.2, -0.15) is 9.78 Å². The lowest BCUT2D eigenvalue weighted by Gasteiger charge is -2.10. The van der Waals surface area contributed by atoms with Crippen LogP contribution in [0.5, 0.6) is 0 Å². The average molecular weight is 445 g/mol. The van der Waals surface area contributed by atoms with Crippen molar-refractivity contribution in [3.05, 3.63) is 65.6 Å². The average Bonchev–Trinajstić information content (AvgIpc) is 3.32. The van der Waals surface area contributed by atoms with Crippen molar-refractivity contribution in [1.29, 1.82) is 0 Å². The van der Waals surface area contributed by atoms with E-state index in [0.717, 1.165) is 0 Å². The minimum atomic E-state index is -3.58. The van der Waals surface area contributed by atoms with Crippen molar-refractivity contribution < 1.29 is 17.6 Å². The highest BCUT2D eigenvalue weighted by Gasteiger charge is 2.22. The van der Waals surface area contributed by atoms with E-state index in [1.54, 1.807) is 37.3 Å². The van der Waals surface area contributed by atoms with Crippen LogP contribution in [0.2, 0.25) is 0 Å². The SMILES string of the molecule is CCS(=O)(=O)c1ccccc1C(=O)Nc1cc(C)nn1-c1nc2c(F)cccc2s1. The monoisotopic (exact) mass is 444 g/mol. The number of sulfone groups is 1. The fourth-order valence-electron chi connectivity index (χ4n) is 2.99. The van der Waals surface area contributed by atoms with Gasteiger partial charge < -0.3 is 5.32 Å². The van der Waals surface area contributed by atoms with Gasteiger partial charge in [0.1, 0.15) is 17.2 Å². The smallest absolute Gasteiger partial charge is 0.258 e. The Morgan fingerprint density at radius 2 is 1.97 bits per heavy atom. The van der Waals surface area contributed by atoms with Gasteiger partial charge in [0.15, 0.2) is 9.84 Å². The maximum Gasteiger partial charge on any atom is 0.258 e. The zero-order valence-corrected chi connectivity index (χ0v) is 17.7. The molecule has 10 heteroatoms. The molecule has 1 N–H and O–H groups in total. The van der Waals surface area contributed by atoms with Gasteiger partial charge in [-0.15, -0.1) is 0 Å². The summed E-state index contributed by atoms with van der Waals surface area (Å²) in [7, 11) is -3.58. The van der Waals surface area contributed by atoms with E-state index < -0.39 is 21.6 Å². The van der Waals surface area contributed by atoms with Crippen LogP contribution in [-0.2, 0) is 9.84 Å². The molecule has 0 atom stereocenters. The Hall–Kier alpha value is -3.11. The van der Waals surface area contributed by atoms with Crippen molar-refractivity contribution in [2.45, 2.75) is 18.7 Å². The molecular formula is C20H17FN4O3S2. The first-order valence-corrected chi connectivity index (χ1v) is 11.5. The van der Waals surface area contributed by atoms with Gasteiger partial charge in [0.25, 0.3) is 5.91 Å². The second kappa shape index (κ2) is 7.62. The highest BCUT2D eigenvalue weighted by molar-refractivity contribution is 7.91. The number of nitrogens with one attached hydrogen (secondary N) is 1. The molecule has 0 unspecified atom stereocenters. The molecule has 0 saturated carbocycles. The molecule has 0 bridgehead atoms. The number of hydrogen-bond donors (Lipinski definition) is 1. The zero-order valence-electron chi connectivity index (χ0n) is 16.1. The number of benzene rings is 2. The van der Waals surface area contributed by atoms with Gasteiger partial charge in [0, 0.05) is 6.07 Å². The Labute approximate surface area is 176 Å². The van der Waals surface area contributed by atoms with Crippen LogP contribution in [0.1, 0.15) is 23.0 Å². The number of thiazole rings is 1. The number of nitrogens with zero attached hydrogens (tertiary/aromatic N) is 3. The number of halogens is 1. The highest BCUT2D eigenvalue weighted by atomic mass is 32.2. The fraction of sp³-hybridized carbons (Fsp3) is 0.150. The number of carbonyl (C=O) groups is 1. The summed E-state index contributed by atoms with van der Waals surface area (Å²) in [4.78, 5) is 17.2. The summed E-state index contributed by atoms with van der Waals surface area (Å²) in [6, 6.07) is 12.4. The number of aromatic nitrogens is 3. The largest absolute Gasteiger partial charge is 0.306 e. The number of para-hydroxylation sites is 1. The molecule has 2 aromatic carbocycles. The van der Waals surface area contributed by atoms with E-state index in [2.05, 4.69) is 15.4 Å². The van der Waals surface area contributed by atoms with Crippen molar-refractivity contribution in [2.24, 2.45) is 0 Å². The van der Waals surface area contributed by atoms with Gasteiger partial charge in [-0.25, -0.2) is 17.8 Å². The molecule has 2 heterocycles. The van der Waals surface area contributed by atoms with E-state index in [9.17, 15) is 17.6 Å². The molecule has 30 heavy (non-hydrogen) atoms. The van der Waals surface area contributed by atoms with E-state index in [4.69, 9.17) is 0 Å². The lowest BCUT2D eigenvalue weighted by Crippen LogP contribution is -2.19. The van der Waals surface area contributed by atoms with Crippen LogP contribution in [0.3, 0.4) is 0 Å². The topological polar surface area (TPSA) is 94.0 Å². The summed E-state index contributed by atoms with van der Waals surface area (Å²) < 4.78 is 40.8. The van der Waals surface area contributed by atoms with Crippen molar-refractivity contribution in [3.8, 4) is 5.13 Å². The lowest BCUT2D eigenvalue weighted by molar-refractivity contribution is 0.102. The molecule has 0 aliphatic heterocycles. The highest BCUT2D eigenvalue weighted by Crippen LogP contribution is 2.29. The van der Waals surface area contributed by atoms with Crippen LogP contribution in [-0.4, -0.2) is 34.8 Å². The number of amides is 1. The minimum Gasteiger partial charge on any atom is -0.306 e. The van der Waals surface area contributed by atoms with Crippen molar-refractivity contribution >= 4 is 43.1 Å². The maximum atomic E-state index is 14.0. The van der Waals surface area contributed by atoms with Crippen LogP contribution in [0.15, 0.2) is 53.4 Å². The molecule has 1 amide bonds. The van der Waals surface area contributed by atoms with E-state index in [1.807, 2.05) is 0 Å². The molecule has 0 radical (unpaired) electrons. The van der Waals surface area contributed by atoms with Gasteiger partial charge in [0.2, 0.25) is 5.13 Å². The van der Waals surface area contributed by atoms with E-state index >= 15 is 0 Å². The summed E-state index contributed by atoms with van der Waals surface area (Å²) in [6.45, 7) is 3.27. The van der Waals surface area contributed by atoms with Crippen molar-refractivity contribution in [3.63, 3.8) is 0 Å². The van der Waals surface area contributed by atoms with Crippen LogP contribution in [0, 0.1) is 12.7 Å². The number of carbonyl (C=O) groups excluding carboxylic acids is 1. The van der Waals surface area contributed by atoms with Gasteiger partial charge in [-0.3, -0.25) is 4.79 Å². The minimum absolute atomic E-state index is 0.0326. The summed E-state index contributed by atoms with van der Waals surface area (Å²) in [5.41, 5.74) is 0.877. The number of hydrogen-bond acceptors (Lipinski definition) is 6. The number of anilines is 1. The Kier molecular flexibility index (Phi) is 5.12. The standard InChI is InChI=1S/C20H17FN4O3S2/c1-3-30(27,28)16-10-5-4-7-13(16)19(26)22-17-11-12(2)24-25(17)20-23-18-14(21)8-6-9-15(18)29-20/h4-11H,3H2,1-2H3,(H,22,26). The molecule has 154 valence electrons. The molecule has 4 rings (SSSR count). The number of aryl methyl sites for hydroxylation is 1. The Bertz CT molecular complexity index is 1380. The van der Waals surface area contributed by atoms with E-state index in [-0.39, 0.29) is 21.7 Å². The van der Waals surface area contributed by atoms with Gasteiger partial charge >= 0.3 is 0 Å². The van der Waals surface area contributed by atoms with Crippen LogP contribution in [0.25, 0.3) is 15.3 Å². The third-order valence-electron chi connectivity index (χ3n) is 4.46. The Morgan fingerprint density at radius 1 is 1.20 bits per heavy atom. The summed E-state index contributed by atoms with van der Waals surface area (Å²) in [6.07, 6.45) is 0. The third kappa shape index (κ3) is 3.59. The predicted octanol–water partition coefficient (Wildman–Crippen LogP) is 3.98. The molecule has 0 aliphatic carbocycles. The molecule has 0 aliphatic rings. The van der Waals surface area contributed by atoms with Crippen LogP contribution in [0.4, 0.5) is 10.2 Å². The summed E-state index contributed by atoms with van der Waals surface area (Å²) in [5.74, 6) is -0.842. The lowest BCUT2D eigenvalue weighted by atomic mass is 10.2. The van der Waals surface area contributed by atoms with Gasteiger partial charge in [0.05, 0.1) is 26.6 Å². The van der Waals surface area contributed by atoms with Gasteiger partial charge in [-0.1, -0.05) is 36.5 Å². The molecule has 4 aromatic rings. The van der Waals surface area contributed by atoms with Crippen molar-refractivity contribution in [1.82, 2.24) is 14.8 Å². The Balaban J connectivity index is 1.74. The second-order valence-corrected chi connectivity index (χ2v) is 9.78. The normalized spacial score (nSPS) is 11.7. The predicted molar refractivity (Wildman–Crippen MR) is 114 cm³/mol. The first-order valence-electron chi connectivity index (χ1n) is 9.05. The van der Waals surface area contributed by atoms with Crippen LogP contribution >= 0.6 is 11.3 Å². The van der Waals surface area contributed by atoms with E-state index in [1.165, 1.54) is 41.1 Å². The van der Waals surface area contributed by atoms with E-state index in [0.29, 0.717) is 21.3 Å². The summed E-state index contributed by atoms with van der Waals surface area (Å²) >= 11 is 1.23. The summed E-state index contributed by atoms with van der Waals surface area (Å²) in [5, 5.41) is 7.44. The molecular weight excluding hydrogens is 427 g/mol. The molecule has 0 saturated heterocycles. The first-order chi connectivity index (χ1) is 14.3. The van der Waals surface area contributed by atoms with Crippen molar-refractivity contribution in [2.75, 3.05) is 11.1 Å². The fourth-order valence-corrected chi connectivity index (χ4v) is 5.03. The molecule has 2 aromatic heterocycles. The molecule has 0 spiro atoms. The maximum absolute atomic E-state index is 14.0. The molecule has 7 nitrogen and oxygen atoms in total. The Morgan fingerprint density at radius 3 is 2.70 bits per heavy atom. The quantitative estimate of drug-likeness (QED) is 0.503. The second-order valence-electron chi connectivity index (χ2n) is 6.52. The number of rotatable bonds is 5. The molecule has 0 fully saturated rings. The zero-order chi connectivity index (χ0) is 21.5. The third-order valence-corrected chi connectivity index (χ3v) is 7.24. The first kappa shape index (κ1) is 20.2. The van der Waals surface area contributed by atoms with Gasteiger partial charge in [-0.05, 0) is 31.2 Å². The number of fused-ring (bicyclic) bond motifs is 1. The van der Waals surface area contributed by atoms with Crippen LogP contribution < -0.4 is 5.32 Å².